The number of hydrogen-bond donors (Lipinski definition) is 3. The second kappa shape index (κ2) is 7.11. The first-order valence-corrected chi connectivity index (χ1v) is 7.06. The van der Waals surface area contributed by atoms with Crippen molar-refractivity contribution < 1.29 is 4.79 Å². The lowest BCUT2D eigenvalue weighted by Gasteiger charge is -2.15. The fourth-order valence-corrected chi connectivity index (χ4v) is 2.25. The fourth-order valence-electron chi connectivity index (χ4n) is 2.03. The summed E-state index contributed by atoms with van der Waals surface area (Å²) in [6, 6.07) is 15.0. The van der Waals surface area contributed by atoms with Gasteiger partial charge in [-0.25, -0.2) is 4.79 Å². The van der Waals surface area contributed by atoms with Crippen LogP contribution in [0.25, 0.3) is 0 Å². The molecule has 21 heavy (non-hydrogen) atoms. The molecule has 0 heterocycles. The van der Waals surface area contributed by atoms with Crippen LogP contribution < -0.4 is 16.4 Å². The minimum atomic E-state index is -0.560. The molecular weight excluding hydrogens is 286 g/mol. The molecule has 0 aromatic heterocycles. The Bertz CT molecular complexity index is 613. The maximum absolute atomic E-state index is 10.8. The van der Waals surface area contributed by atoms with Crippen LogP contribution in [0.15, 0.2) is 48.5 Å². The molecule has 0 fully saturated rings. The van der Waals surface area contributed by atoms with Crippen LogP contribution in [0.2, 0.25) is 5.02 Å². The van der Waals surface area contributed by atoms with Crippen molar-refractivity contribution in [1.82, 2.24) is 5.32 Å². The third kappa shape index (κ3) is 4.77. The first kappa shape index (κ1) is 15.4. The molecule has 1 atom stereocenters. The molecule has 2 aromatic carbocycles. The second-order valence-electron chi connectivity index (χ2n) is 4.84. The summed E-state index contributed by atoms with van der Waals surface area (Å²) in [6.45, 7) is 2.82. The first-order valence-electron chi connectivity index (χ1n) is 6.69. The molecule has 0 saturated carbocycles. The Labute approximate surface area is 129 Å². The van der Waals surface area contributed by atoms with Gasteiger partial charge in [-0.3, -0.25) is 0 Å². The molecule has 2 rings (SSSR count). The Morgan fingerprint density at radius 3 is 2.57 bits per heavy atom. The van der Waals surface area contributed by atoms with E-state index in [4.69, 9.17) is 17.3 Å². The van der Waals surface area contributed by atoms with Crippen LogP contribution >= 0.6 is 11.6 Å². The Kier molecular flexibility index (Phi) is 5.20. The van der Waals surface area contributed by atoms with Crippen molar-refractivity contribution in [3.8, 4) is 0 Å². The number of urea groups is 1. The van der Waals surface area contributed by atoms with E-state index < -0.39 is 6.03 Å². The topological polar surface area (TPSA) is 67.2 Å². The molecule has 4 nitrogen and oxygen atoms in total. The molecule has 2 amide bonds. The van der Waals surface area contributed by atoms with Gasteiger partial charge in [0.15, 0.2) is 0 Å². The Morgan fingerprint density at radius 1 is 1.24 bits per heavy atom. The first-order chi connectivity index (χ1) is 10.0. The van der Waals surface area contributed by atoms with Gasteiger partial charge in [0, 0.05) is 23.3 Å². The van der Waals surface area contributed by atoms with E-state index in [0.717, 1.165) is 22.7 Å². The van der Waals surface area contributed by atoms with Gasteiger partial charge in [0.2, 0.25) is 0 Å². The molecule has 1 unspecified atom stereocenters. The Morgan fingerprint density at radius 2 is 1.95 bits per heavy atom. The smallest absolute Gasteiger partial charge is 0.316 e. The van der Waals surface area contributed by atoms with Gasteiger partial charge in [0.05, 0.1) is 0 Å². The predicted octanol–water partition coefficient (Wildman–Crippen LogP) is 3.68. The summed E-state index contributed by atoms with van der Waals surface area (Å²) in [5.41, 5.74) is 8.03. The molecule has 0 saturated heterocycles. The number of nitrogens with one attached hydrogen (secondary N) is 2. The molecule has 0 aliphatic rings. The Hall–Kier alpha value is -2.04. The van der Waals surface area contributed by atoms with Crippen LogP contribution in [0.5, 0.6) is 0 Å². The zero-order valence-corrected chi connectivity index (χ0v) is 12.5. The lowest BCUT2D eigenvalue weighted by Crippen LogP contribution is -2.20. The van der Waals surface area contributed by atoms with E-state index >= 15 is 0 Å². The molecule has 0 aliphatic carbocycles. The summed E-state index contributed by atoms with van der Waals surface area (Å²) in [5.74, 6) is 0. The number of nitrogens with two attached hydrogens (primary N) is 1. The average Bonchev–Trinajstić information content (AvgIpc) is 2.45. The molecule has 110 valence electrons. The maximum Gasteiger partial charge on any atom is 0.316 e. The maximum atomic E-state index is 10.8. The summed E-state index contributed by atoms with van der Waals surface area (Å²) in [7, 11) is 0. The van der Waals surface area contributed by atoms with E-state index in [1.807, 2.05) is 48.5 Å². The van der Waals surface area contributed by atoms with E-state index in [0.29, 0.717) is 5.69 Å². The zero-order valence-electron chi connectivity index (χ0n) is 11.8. The van der Waals surface area contributed by atoms with Gasteiger partial charge in [0.25, 0.3) is 0 Å². The van der Waals surface area contributed by atoms with E-state index in [9.17, 15) is 4.79 Å². The van der Waals surface area contributed by atoms with Crippen LogP contribution in [0, 0.1) is 0 Å². The molecule has 2 aromatic rings. The van der Waals surface area contributed by atoms with Gasteiger partial charge in [-0.2, -0.15) is 0 Å². The highest BCUT2D eigenvalue weighted by atomic mass is 35.5. The van der Waals surface area contributed by atoms with Gasteiger partial charge in [-0.1, -0.05) is 35.9 Å². The average molecular weight is 304 g/mol. The number of amides is 2. The van der Waals surface area contributed by atoms with Crippen molar-refractivity contribution >= 4 is 23.3 Å². The number of carbonyl (C=O) groups is 1. The number of primary amides is 1. The largest absolute Gasteiger partial charge is 0.351 e. The minimum absolute atomic E-state index is 0.187. The molecule has 0 bridgehead atoms. The minimum Gasteiger partial charge on any atom is -0.351 e. The van der Waals surface area contributed by atoms with E-state index in [-0.39, 0.29) is 6.04 Å². The zero-order chi connectivity index (χ0) is 15.2. The third-order valence-electron chi connectivity index (χ3n) is 3.18. The van der Waals surface area contributed by atoms with Crippen LogP contribution in [0.4, 0.5) is 10.5 Å². The van der Waals surface area contributed by atoms with E-state index in [1.165, 1.54) is 0 Å². The SMILES string of the molecule is CC(NCc1cccc(Cl)c1)c1ccc(NC(N)=O)cc1. The molecule has 4 N–H and O–H groups in total. The summed E-state index contributed by atoms with van der Waals surface area (Å²) in [4.78, 5) is 10.8. The normalized spacial score (nSPS) is 11.9. The van der Waals surface area contributed by atoms with Gasteiger partial charge in [-0.15, -0.1) is 0 Å². The number of carbonyl (C=O) groups excluding carboxylic acids is 1. The van der Waals surface area contributed by atoms with E-state index in [1.54, 1.807) is 0 Å². The van der Waals surface area contributed by atoms with Crippen LogP contribution in [-0.4, -0.2) is 6.03 Å². The van der Waals surface area contributed by atoms with Crippen molar-refractivity contribution in [1.29, 1.82) is 0 Å². The highest BCUT2D eigenvalue weighted by molar-refractivity contribution is 6.30. The Balaban J connectivity index is 1.93. The van der Waals surface area contributed by atoms with Crippen molar-refractivity contribution in [2.24, 2.45) is 5.73 Å². The monoisotopic (exact) mass is 303 g/mol. The summed E-state index contributed by atoms with van der Waals surface area (Å²) in [6.07, 6.45) is 0. The second-order valence-corrected chi connectivity index (χ2v) is 5.28. The summed E-state index contributed by atoms with van der Waals surface area (Å²) in [5, 5.41) is 6.71. The number of rotatable bonds is 5. The van der Waals surface area contributed by atoms with Crippen molar-refractivity contribution in [2.45, 2.75) is 19.5 Å². The highest BCUT2D eigenvalue weighted by Gasteiger charge is 2.05. The quantitative estimate of drug-likeness (QED) is 0.788. The molecule has 0 spiro atoms. The number of anilines is 1. The summed E-state index contributed by atoms with van der Waals surface area (Å²) < 4.78 is 0. The third-order valence-corrected chi connectivity index (χ3v) is 3.41. The lowest BCUT2D eigenvalue weighted by atomic mass is 10.1. The van der Waals surface area contributed by atoms with Gasteiger partial charge >= 0.3 is 6.03 Å². The van der Waals surface area contributed by atoms with Gasteiger partial charge in [-0.05, 0) is 42.3 Å². The van der Waals surface area contributed by atoms with Gasteiger partial charge in [0.1, 0.15) is 0 Å². The van der Waals surface area contributed by atoms with Crippen molar-refractivity contribution in [3.63, 3.8) is 0 Å². The lowest BCUT2D eigenvalue weighted by molar-refractivity contribution is 0.259. The van der Waals surface area contributed by atoms with Crippen molar-refractivity contribution in [3.05, 3.63) is 64.7 Å². The number of benzene rings is 2. The standard InChI is InChI=1S/C16H18ClN3O/c1-11(19-10-12-3-2-4-14(17)9-12)13-5-7-15(8-6-13)20-16(18)21/h2-9,11,19H,10H2,1H3,(H3,18,20,21). The molecule has 0 radical (unpaired) electrons. The molecule has 5 heteroatoms. The fraction of sp³-hybridized carbons (Fsp3) is 0.188. The van der Waals surface area contributed by atoms with E-state index in [2.05, 4.69) is 17.6 Å². The highest BCUT2D eigenvalue weighted by Crippen LogP contribution is 2.17. The van der Waals surface area contributed by atoms with Crippen LogP contribution in [0.3, 0.4) is 0 Å². The summed E-state index contributed by atoms with van der Waals surface area (Å²) >= 11 is 5.96. The predicted molar refractivity (Wildman–Crippen MR) is 86.4 cm³/mol. The van der Waals surface area contributed by atoms with Crippen LogP contribution in [-0.2, 0) is 6.54 Å². The number of halogens is 1. The number of hydrogen-bond acceptors (Lipinski definition) is 2. The molecular formula is C16H18ClN3O. The van der Waals surface area contributed by atoms with Crippen LogP contribution in [0.1, 0.15) is 24.1 Å². The van der Waals surface area contributed by atoms with Crippen molar-refractivity contribution in [2.75, 3.05) is 5.32 Å². The molecule has 0 aliphatic heterocycles. The van der Waals surface area contributed by atoms with Gasteiger partial charge < -0.3 is 16.4 Å².